The highest BCUT2D eigenvalue weighted by Gasteiger charge is 2.12. The quantitative estimate of drug-likeness (QED) is 0.812. The smallest absolute Gasteiger partial charge is 0.130 e. The second-order valence-corrected chi connectivity index (χ2v) is 5.08. The van der Waals surface area contributed by atoms with Gasteiger partial charge in [0.1, 0.15) is 5.78 Å². The summed E-state index contributed by atoms with van der Waals surface area (Å²) < 4.78 is 0. The summed E-state index contributed by atoms with van der Waals surface area (Å²) in [6.07, 6.45) is 6.41. The van der Waals surface area contributed by atoms with Gasteiger partial charge in [0.25, 0.3) is 0 Å². The molecule has 2 rings (SSSR count). The van der Waals surface area contributed by atoms with Crippen LogP contribution in [-0.4, -0.2) is 10.8 Å². The predicted octanol–water partition coefficient (Wildman–Crippen LogP) is 3.92. The number of aromatic nitrogens is 1. The molecule has 0 aliphatic carbocycles. The first-order valence-corrected chi connectivity index (χ1v) is 6.76. The number of allylic oxidation sites excluding steroid dienone is 1. The van der Waals surface area contributed by atoms with Gasteiger partial charge in [0.2, 0.25) is 0 Å². The molecule has 0 radical (unpaired) electrons. The molecule has 0 amide bonds. The van der Waals surface area contributed by atoms with E-state index in [1.165, 1.54) is 0 Å². The molecule has 0 N–H and O–H groups in total. The van der Waals surface area contributed by atoms with Crippen molar-refractivity contribution in [2.45, 2.75) is 19.3 Å². The van der Waals surface area contributed by atoms with E-state index >= 15 is 0 Å². The summed E-state index contributed by atoms with van der Waals surface area (Å²) in [5.41, 5.74) is 1.14. The fourth-order valence-electron chi connectivity index (χ4n) is 1.76. The molecule has 0 unspecified atom stereocenters. The lowest BCUT2D eigenvalue weighted by Gasteiger charge is -2.06. The number of carbonyl (C=O) groups excluding carboxylic acids is 1. The van der Waals surface area contributed by atoms with Crippen molar-refractivity contribution in [1.29, 1.82) is 0 Å². The molecule has 1 heterocycles. The van der Waals surface area contributed by atoms with Gasteiger partial charge in [-0.2, -0.15) is 0 Å². The van der Waals surface area contributed by atoms with Gasteiger partial charge in [-0.05, 0) is 12.5 Å². The van der Waals surface area contributed by atoms with Crippen molar-refractivity contribution >= 4 is 23.2 Å². The first kappa shape index (κ1) is 12.7. The van der Waals surface area contributed by atoms with E-state index in [9.17, 15) is 4.79 Å². The molecule has 0 saturated carbocycles. The third kappa shape index (κ3) is 3.64. The number of benzene rings is 1. The number of nitrogens with zero attached hydrogens (tertiary/aromatic N) is 1. The van der Waals surface area contributed by atoms with E-state index in [2.05, 4.69) is 17.1 Å². The van der Waals surface area contributed by atoms with E-state index in [-0.39, 0.29) is 11.7 Å². The van der Waals surface area contributed by atoms with Crippen LogP contribution < -0.4 is 0 Å². The van der Waals surface area contributed by atoms with E-state index in [1.54, 1.807) is 24.5 Å². The standard InChI is InChI=1S/C15H15NOS/c1-12(17)11-14(15-16-9-10-18-15)8-7-13-5-3-2-4-6-13/h2-10,14H,11H2,1H3/b8-7+/t14-/m1/s1. The number of ketones is 1. The topological polar surface area (TPSA) is 30.0 Å². The molecule has 0 spiro atoms. The zero-order valence-corrected chi connectivity index (χ0v) is 11.1. The summed E-state index contributed by atoms with van der Waals surface area (Å²) in [6.45, 7) is 1.62. The summed E-state index contributed by atoms with van der Waals surface area (Å²) >= 11 is 1.59. The number of carbonyl (C=O) groups is 1. The van der Waals surface area contributed by atoms with E-state index < -0.39 is 0 Å². The number of Topliss-reactive ketones (excluding diaryl/α,β-unsaturated/α-hetero) is 1. The maximum absolute atomic E-state index is 11.3. The van der Waals surface area contributed by atoms with Crippen molar-refractivity contribution in [3.63, 3.8) is 0 Å². The van der Waals surface area contributed by atoms with Crippen LogP contribution in [0.2, 0.25) is 0 Å². The lowest BCUT2D eigenvalue weighted by molar-refractivity contribution is -0.117. The highest BCUT2D eigenvalue weighted by Crippen LogP contribution is 2.24. The Morgan fingerprint density at radius 1 is 1.39 bits per heavy atom. The van der Waals surface area contributed by atoms with Crippen LogP contribution in [0.25, 0.3) is 6.08 Å². The van der Waals surface area contributed by atoms with Crippen LogP contribution >= 0.6 is 11.3 Å². The first-order valence-electron chi connectivity index (χ1n) is 5.88. The summed E-state index contributed by atoms with van der Waals surface area (Å²) in [7, 11) is 0. The molecule has 1 aromatic carbocycles. The molecular formula is C15H15NOS. The Bertz CT molecular complexity index is 517. The minimum absolute atomic E-state index is 0.0858. The summed E-state index contributed by atoms with van der Waals surface area (Å²) in [5, 5.41) is 2.94. The van der Waals surface area contributed by atoms with Gasteiger partial charge < -0.3 is 0 Å². The third-order valence-electron chi connectivity index (χ3n) is 2.60. The summed E-state index contributed by atoms with van der Waals surface area (Å²) in [6, 6.07) is 10.1. The van der Waals surface area contributed by atoms with Crippen molar-refractivity contribution in [2.75, 3.05) is 0 Å². The van der Waals surface area contributed by atoms with Gasteiger partial charge in [-0.3, -0.25) is 4.79 Å². The van der Waals surface area contributed by atoms with E-state index in [0.29, 0.717) is 6.42 Å². The van der Waals surface area contributed by atoms with E-state index in [4.69, 9.17) is 0 Å². The molecule has 0 saturated heterocycles. The molecular weight excluding hydrogens is 242 g/mol. The Morgan fingerprint density at radius 3 is 2.78 bits per heavy atom. The average molecular weight is 257 g/mol. The maximum Gasteiger partial charge on any atom is 0.130 e. The molecule has 3 heteroatoms. The van der Waals surface area contributed by atoms with E-state index in [1.807, 2.05) is 35.7 Å². The maximum atomic E-state index is 11.3. The molecule has 0 aliphatic heterocycles. The minimum Gasteiger partial charge on any atom is -0.300 e. The van der Waals surface area contributed by atoms with Crippen LogP contribution in [0.5, 0.6) is 0 Å². The first-order chi connectivity index (χ1) is 8.75. The molecule has 0 fully saturated rings. The van der Waals surface area contributed by atoms with Crippen LogP contribution in [-0.2, 0) is 4.79 Å². The SMILES string of the molecule is CC(=O)C[C@@H](/C=C/c1ccccc1)c1nccs1. The van der Waals surface area contributed by atoms with Crippen molar-refractivity contribution < 1.29 is 4.79 Å². The fourth-order valence-corrected chi connectivity index (χ4v) is 2.48. The molecule has 2 aromatic rings. The highest BCUT2D eigenvalue weighted by atomic mass is 32.1. The zero-order chi connectivity index (χ0) is 12.8. The van der Waals surface area contributed by atoms with Crippen molar-refractivity contribution in [2.24, 2.45) is 0 Å². The molecule has 18 heavy (non-hydrogen) atoms. The molecule has 92 valence electrons. The predicted molar refractivity (Wildman–Crippen MR) is 75.6 cm³/mol. The van der Waals surface area contributed by atoms with Gasteiger partial charge in [-0.25, -0.2) is 4.98 Å². The third-order valence-corrected chi connectivity index (χ3v) is 3.50. The Hall–Kier alpha value is -1.74. The second-order valence-electron chi connectivity index (χ2n) is 4.15. The monoisotopic (exact) mass is 257 g/mol. The van der Waals surface area contributed by atoms with Crippen LogP contribution in [0.1, 0.15) is 29.8 Å². The Morgan fingerprint density at radius 2 is 2.17 bits per heavy atom. The molecule has 0 aliphatic rings. The number of hydrogen-bond acceptors (Lipinski definition) is 3. The normalized spacial score (nSPS) is 12.7. The van der Waals surface area contributed by atoms with Gasteiger partial charge >= 0.3 is 0 Å². The van der Waals surface area contributed by atoms with Gasteiger partial charge in [0.05, 0.1) is 5.01 Å². The lowest BCUT2D eigenvalue weighted by atomic mass is 10.0. The molecule has 1 aromatic heterocycles. The molecule has 1 atom stereocenters. The zero-order valence-electron chi connectivity index (χ0n) is 10.2. The van der Waals surface area contributed by atoms with Crippen molar-refractivity contribution in [1.82, 2.24) is 4.98 Å². The Kier molecular flexibility index (Phi) is 4.42. The highest BCUT2D eigenvalue weighted by molar-refractivity contribution is 7.09. The molecule has 0 bridgehead atoms. The molecule has 2 nitrogen and oxygen atoms in total. The van der Waals surface area contributed by atoms with Crippen molar-refractivity contribution in [3.05, 3.63) is 58.6 Å². The lowest BCUT2D eigenvalue weighted by Crippen LogP contribution is -2.01. The number of rotatable bonds is 5. The van der Waals surface area contributed by atoms with Crippen LogP contribution in [0.4, 0.5) is 0 Å². The minimum atomic E-state index is 0.0858. The van der Waals surface area contributed by atoms with E-state index in [0.717, 1.165) is 10.6 Å². The fraction of sp³-hybridized carbons (Fsp3) is 0.200. The number of hydrogen-bond donors (Lipinski definition) is 0. The Labute approximate surface area is 111 Å². The Balaban J connectivity index is 2.15. The van der Waals surface area contributed by atoms with Crippen LogP contribution in [0, 0.1) is 0 Å². The van der Waals surface area contributed by atoms with Gasteiger partial charge in [0.15, 0.2) is 0 Å². The van der Waals surface area contributed by atoms with Gasteiger partial charge in [-0.15, -0.1) is 11.3 Å². The van der Waals surface area contributed by atoms with Crippen LogP contribution in [0.15, 0.2) is 48.0 Å². The summed E-state index contributed by atoms with van der Waals surface area (Å²) in [5.74, 6) is 0.274. The largest absolute Gasteiger partial charge is 0.300 e. The summed E-state index contributed by atoms with van der Waals surface area (Å²) in [4.78, 5) is 15.6. The van der Waals surface area contributed by atoms with Gasteiger partial charge in [-0.1, -0.05) is 42.5 Å². The second kappa shape index (κ2) is 6.26. The van der Waals surface area contributed by atoms with Crippen LogP contribution in [0.3, 0.4) is 0 Å². The average Bonchev–Trinajstić information content (AvgIpc) is 2.89. The van der Waals surface area contributed by atoms with Crippen molar-refractivity contribution in [3.8, 4) is 0 Å². The van der Waals surface area contributed by atoms with Gasteiger partial charge in [0, 0.05) is 23.9 Å². The number of thiazole rings is 1.